The Hall–Kier alpha value is -3.09. The van der Waals surface area contributed by atoms with Crippen LogP contribution in [-0.2, 0) is 6.54 Å². The van der Waals surface area contributed by atoms with Crippen LogP contribution in [0, 0.1) is 5.82 Å². The summed E-state index contributed by atoms with van der Waals surface area (Å²) in [7, 11) is 0. The highest BCUT2D eigenvalue weighted by Crippen LogP contribution is 2.38. The molecule has 1 aliphatic rings. The fraction of sp³-hybridized carbons (Fsp3) is 0.222. The van der Waals surface area contributed by atoms with Crippen LogP contribution in [0.5, 0.6) is 0 Å². The predicted molar refractivity (Wildman–Crippen MR) is 90.3 cm³/mol. The molecule has 124 valence electrons. The number of imidazole rings is 2. The maximum Gasteiger partial charge on any atom is 0.162 e. The molecule has 0 aliphatic heterocycles. The number of pyridine rings is 2. The first-order valence-electron chi connectivity index (χ1n) is 8.25. The van der Waals surface area contributed by atoms with Gasteiger partial charge in [-0.3, -0.25) is 0 Å². The molecule has 1 fully saturated rings. The molecule has 0 atom stereocenters. The van der Waals surface area contributed by atoms with E-state index in [4.69, 9.17) is 4.98 Å². The monoisotopic (exact) mass is 334 g/mol. The summed E-state index contributed by atoms with van der Waals surface area (Å²) in [5.41, 5.74) is 2.04. The molecular weight excluding hydrogens is 319 g/mol. The van der Waals surface area contributed by atoms with E-state index in [2.05, 4.69) is 19.5 Å². The number of halogens is 1. The van der Waals surface area contributed by atoms with Gasteiger partial charge in [0.2, 0.25) is 0 Å². The van der Waals surface area contributed by atoms with Gasteiger partial charge in [-0.15, -0.1) is 0 Å². The summed E-state index contributed by atoms with van der Waals surface area (Å²) in [6, 6.07) is 7.28. The van der Waals surface area contributed by atoms with E-state index >= 15 is 0 Å². The highest BCUT2D eigenvalue weighted by molar-refractivity contribution is 5.71. The number of fused-ring (bicyclic) bond motifs is 1. The predicted octanol–water partition coefficient (Wildman–Crippen LogP) is 3.21. The lowest BCUT2D eigenvalue weighted by molar-refractivity contribution is 0.617. The van der Waals surface area contributed by atoms with Crippen LogP contribution in [-0.4, -0.2) is 29.1 Å². The van der Waals surface area contributed by atoms with Gasteiger partial charge in [0, 0.05) is 30.8 Å². The summed E-state index contributed by atoms with van der Waals surface area (Å²) in [5.74, 6) is 1.03. The SMILES string of the molecule is Fc1cccnc1-c1nccn1Cc1nc2cccnc2n1C1CC1. The number of hydrogen-bond acceptors (Lipinski definition) is 4. The summed E-state index contributed by atoms with van der Waals surface area (Å²) in [6.45, 7) is 0.498. The maximum atomic E-state index is 14.1. The van der Waals surface area contributed by atoms with Crippen LogP contribution in [0.4, 0.5) is 4.39 Å². The first kappa shape index (κ1) is 14.3. The lowest BCUT2D eigenvalue weighted by Crippen LogP contribution is -2.09. The average molecular weight is 334 g/mol. The minimum Gasteiger partial charge on any atom is -0.322 e. The Morgan fingerprint density at radius 2 is 1.88 bits per heavy atom. The number of rotatable bonds is 4. The Morgan fingerprint density at radius 1 is 1.04 bits per heavy atom. The molecule has 0 unspecified atom stereocenters. The smallest absolute Gasteiger partial charge is 0.162 e. The van der Waals surface area contributed by atoms with Crippen LogP contribution in [0.1, 0.15) is 24.7 Å². The van der Waals surface area contributed by atoms with Gasteiger partial charge in [-0.2, -0.15) is 0 Å². The first-order valence-corrected chi connectivity index (χ1v) is 8.25. The molecule has 0 N–H and O–H groups in total. The van der Waals surface area contributed by atoms with E-state index in [0.717, 1.165) is 29.8 Å². The lowest BCUT2D eigenvalue weighted by Gasteiger charge is -2.10. The quantitative estimate of drug-likeness (QED) is 0.575. The van der Waals surface area contributed by atoms with E-state index in [1.807, 2.05) is 22.9 Å². The molecule has 1 aliphatic carbocycles. The molecule has 7 heteroatoms. The molecule has 0 aromatic carbocycles. The topological polar surface area (TPSA) is 61.4 Å². The van der Waals surface area contributed by atoms with E-state index in [1.54, 1.807) is 24.7 Å². The molecule has 4 aromatic rings. The highest BCUT2D eigenvalue weighted by atomic mass is 19.1. The molecule has 5 rings (SSSR count). The summed E-state index contributed by atoms with van der Waals surface area (Å²) in [5, 5.41) is 0. The zero-order valence-corrected chi connectivity index (χ0v) is 13.4. The van der Waals surface area contributed by atoms with Crippen molar-refractivity contribution in [3.05, 3.63) is 60.7 Å². The second kappa shape index (κ2) is 5.47. The standard InChI is InChI=1S/C18H15FN6/c19-13-3-1-7-20-16(13)18-22-9-10-24(18)11-15-23-14-4-2-8-21-17(14)25(15)12-5-6-12/h1-4,7-10,12H,5-6,11H2. The third kappa shape index (κ3) is 2.39. The fourth-order valence-electron chi connectivity index (χ4n) is 3.16. The second-order valence-electron chi connectivity index (χ2n) is 6.19. The van der Waals surface area contributed by atoms with Gasteiger partial charge < -0.3 is 9.13 Å². The summed E-state index contributed by atoms with van der Waals surface area (Å²) in [4.78, 5) is 17.7. The van der Waals surface area contributed by atoms with Crippen molar-refractivity contribution in [3.8, 4) is 11.5 Å². The minimum atomic E-state index is -0.382. The molecule has 0 spiro atoms. The van der Waals surface area contributed by atoms with Crippen molar-refractivity contribution in [2.24, 2.45) is 0 Å². The number of hydrogen-bond donors (Lipinski definition) is 0. The molecule has 4 aromatic heterocycles. The second-order valence-corrected chi connectivity index (χ2v) is 6.19. The Kier molecular flexibility index (Phi) is 3.12. The van der Waals surface area contributed by atoms with Crippen molar-refractivity contribution >= 4 is 11.2 Å². The van der Waals surface area contributed by atoms with Crippen LogP contribution >= 0.6 is 0 Å². The normalized spacial score (nSPS) is 14.3. The van der Waals surface area contributed by atoms with Crippen LogP contribution < -0.4 is 0 Å². The minimum absolute atomic E-state index is 0.250. The largest absolute Gasteiger partial charge is 0.322 e. The van der Waals surface area contributed by atoms with Gasteiger partial charge in [0.05, 0.1) is 6.54 Å². The van der Waals surface area contributed by atoms with Gasteiger partial charge in [-0.05, 0) is 37.1 Å². The average Bonchev–Trinajstić information content (AvgIpc) is 3.24. The van der Waals surface area contributed by atoms with Crippen LogP contribution in [0.2, 0.25) is 0 Å². The fourth-order valence-corrected chi connectivity index (χ4v) is 3.16. The van der Waals surface area contributed by atoms with Gasteiger partial charge in [0.1, 0.15) is 17.0 Å². The van der Waals surface area contributed by atoms with Crippen LogP contribution in [0.25, 0.3) is 22.7 Å². The van der Waals surface area contributed by atoms with E-state index in [-0.39, 0.29) is 11.5 Å². The van der Waals surface area contributed by atoms with Crippen molar-refractivity contribution in [1.82, 2.24) is 29.1 Å². The van der Waals surface area contributed by atoms with E-state index in [9.17, 15) is 4.39 Å². The van der Waals surface area contributed by atoms with Gasteiger partial charge in [-0.1, -0.05) is 0 Å². The zero-order valence-electron chi connectivity index (χ0n) is 13.4. The molecule has 6 nitrogen and oxygen atoms in total. The molecular formula is C18H15FN6. The Morgan fingerprint density at radius 3 is 2.72 bits per heavy atom. The van der Waals surface area contributed by atoms with Gasteiger partial charge in [0.15, 0.2) is 17.3 Å². The molecule has 4 heterocycles. The molecule has 0 bridgehead atoms. The van der Waals surface area contributed by atoms with Crippen molar-refractivity contribution in [1.29, 1.82) is 0 Å². The summed E-state index contributed by atoms with van der Waals surface area (Å²) in [6.07, 6.45) is 9.13. The van der Waals surface area contributed by atoms with Crippen molar-refractivity contribution in [2.75, 3.05) is 0 Å². The number of nitrogens with zero attached hydrogens (tertiary/aromatic N) is 6. The van der Waals surface area contributed by atoms with Gasteiger partial charge in [0.25, 0.3) is 0 Å². The third-order valence-corrected chi connectivity index (χ3v) is 4.43. The highest BCUT2D eigenvalue weighted by Gasteiger charge is 2.29. The third-order valence-electron chi connectivity index (χ3n) is 4.43. The van der Waals surface area contributed by atoms with E-state index in [1.165, 1.54) is 6.07 Å². The Bertz CT molecular complexity index is 1060. The molecule has 0 radical (unpaired) electrons. The molecule has 1 saturated carbocycles. The van der Waals surface area contributed by atoms with E-state index < -0.39 is 0 Å². The molecule has 0 saturated heterocycles. The Balaban J connectivity index is 1.60. The zero-order chi connectivity index (χ0) is 16.8. The van der Waals surface area contributed by atoms with Crippen LogP contribution in [0.3, 0.4) is 0 Å². The van der Waals surface area contributed by atoms with Gasteiger partial charge in [-0.25, -0.2) is 24.3 Å². The van der Waals surface area contributed by atoms with Crippen molar-refractivity contribution in [3.63, 3.8) is 0 Å². The van der Waals surface area contributed by atoms with E-state index in [0.29, 0.717) is 18.4 Å². The lowest BCUT2D eigenvalue weighted by atomic mass is 10.3. The summed E-state index contributed by atoms with van der Waals surface area (Å²) >= 11 is 0. The Labute approximate surface area is 143 Å². The maximum absolute atomic E-state index is 14.1. The van der Waals surface area contributed by atoms with Crippen LogP contribution in [0.15, 0.2) is 49.1 Å². The number of aromatic nitrogens is 6. The molecule has 25 heavy (non-hydrogen) atoms. The van der Waals surface area contributed by atoms with Crippen molar-refractivity contribution < 1.29 is 4.39 Å². The first-order chi connectivity index (χ1) is 12.3. The van der Waals surface area contributed by atoms with Gasteiger partial charge >= 0.3 is 0 Å². The molecule has 0 amide bonds. The van der Waals surface area contributed by atoms with Crippen molar-refractivity contribution in [2.45, 2.75) is 25.4 Å². The summed E-state index contributed by atoms with van der Waals surface area (Å²) < 4.78 is 18.2.